The van der Waals surface area contributed by atoms with Gasteiger partial charge in [0.05, 0.1) is 18.8 Å². The Morgan fingerprint density at radius 2 is 2.10 bits per heavy atom. The molecule has 0 aliphatic heterocycles. The summed E-state index contributed by atoms with van der Waals surface area (Å²) >= 11 is 10.3. The number of aryl methyl sites for hydroxylation is 2. The Balaban J connectivity index is 2.62. The summed E-state index contributed by atoms with van der Waals surface area (Å²) < 4.78 is 12.1. The van der Waals surface area contributed by atoms with Crippen LogP contribution in [0.25, 0.3) is 0 Å². The Morgan fingerprint density at radius 3 is 2.70 bits per heavy atom. The smallest absolute Gasteiger partial charge is 0.127 e. The molecule has 1 aromatic carbocycles. The maximum absolute atomic E-state index is 6.73. The first-order valence-electron chi connectivity index (χ1n) is 6.55. The molecule has 4 heteroatoms. The molecule has 2 nitrogen and oxygen atoms in total. The maximum atomic E-state index is 6.73. The first-order chi connectivity index (χ1) is 9.51. The lowest BCUT2D eigenvalue weighted by Crippen LogP contribution is -2.04. The van der Waals surface area contributed by atoms with Gasteiger partial charge in [-0.25, -0.2) is 0 Å². The molecule has 1 aromatic heterocycles. The summed E-state index contributed by atoms with van der Waals surface area (Å²) in [5, 5.41) is -0.283. The fraction of sp³-hybridized carbons (Fsp3) is 0.375. The summed E-state index contributed by atoms with van der Waals surface area (Å²) in [6.07, 6.45) is 2.51. The molecule has 0 N–H and O–H groups in total. The lowest BCUT2D eigenvalue weighted by molar-refractivity contribution is 0.406. The second-order valence-corrected chi connectivity index (χ2v) is 6.05. The van der Waals surface area contributed by atoms with Gasteiger partial charge in [0.25, 0.3) is 0 Å². The van der Waals surface area contributed by atoms with E-state index in [2.05, 4.69) is 28.9 Å². The van der Waals surface area contributed by atoms with E-state index in [1.807, 2.05) is 19.9 Å². The van der Waals surface area contributed by atoms with Crippen LogP contribution in [-0.2, 0) is 6.42 Å². The number of alkyl halides is 1. The average Bonchev–Trinajstić information content (AvgIpc) is 2.90. The second-order valence-electron chi connectivity index (χ2n) is 4.76. The number of halogens is 2. The molecule has 0 aliphatic rings. The normalized spacial score (nSPS) is 12.5. The van der Waals surface area contributed by atoms with Gasteiger partial charge in [-0.3, -0.25) is 0 Å². The molecule has 2 rings (SSSR count). The Labute approximate surface area is 133 Å². The summed E-state index contributed by atoms with van der Waals surface area (Å²) in [4.78, 5) is 0. The topological polar surface area (TPSA) is 22.4 Å². The lowest BCUT2D eigenvalue weighted by atomic mass is 9.96. The van der Waals surface area contributed by atoms with Crippen LogP contribution in [0.3, 0.4) is 0 Å². The standard InChI is InChI=1S/C16H18BrClO2/c1-5-13-11(6-7-20-13)15(18)14-10(3)12(17)8-9(2)16(14)19-4/h6-8,15H,5H2,1-4H3. The molecule has 0 aliphatic carbocycles. The van der Waals surface area contributed by atoms with E-state index >= 15 is 0 Å². The molecule has 1 atom stereocenters. The van der Waals surface area contributed by atoms with Crippen LogP contribution in [0.4, 0.5) is 0 Å². The molecular weight excluding hydrogens is 340 g/mol. The first-order valence-corrected chi connectivity index (χ1v) is 7.78. The van der Waals surface area contributed by atoms with Gasteiger partial charge in [-0.1, -0.05) is 22.9 Å². The Kier molecular flexibility index (Phi) is 4.82. The molecule has 2 aromatic rings. The van der Waals surface area contributed by atoms with Crippen molar-refractivity contribution in [2.45, 2.75) is 32.6 Å². The van der Waals surface area contributed by atoms with E-state index in [1.165, 1.54) is 0 Å². The number of furan rings is 1. The van der Waals surface area contributed by atoms with E-state index in [1.54, 1.807) is 13.4 Å². The summed E-state index contributed by atoms with van der Waals surface area (Å²) in [6.45, 7) is 6.12. The van der Waals surface area contributed by atoms with Crippen LogP contribution in [-0.4, -0.2) is 7.11 Å². The van der Waals surface area contributed by atoms with E-state index in [-0.39, 0.29) is 5.38 Å². The highest BCUT2D eigenvalue weighted by Crippen LogP contribution is 2.43. The highest BCUT2D eigenvalue weighted by molar-refractivity contribution is 9.10. The SMILES string of the molecule is CCc1occc1C(Cl)c1c(C)c(Br)cc(C)c1OC. The van der Waals surface area contributed by atoms with Crippen LogP contribution in [0.15, 0.2) is 27.3 Å². The fourth-order valence-corrected chi connectivity index (χ4v) is 3.48. The minimum absolute atomic E-state index is 0.283. The minimum Gasteiger partial charge on any atom is -0.496 e. The lowest BCUT2D eigenvalue weighted by Gasteiger charge is -2.20. The number of hydrogen-bond donors (Lipinski definition) is 0. The third-order valence-electron chi connectivity index (χ3n) is 3.54. The van der Waals surface area contributed by atoms with Crippen molar-refractivity contribution in [2.75, 3.05) is 7.11 Å². The second kappa shape index (κ2) is 6.23. The molecule has 108 valence electrons. The van der Waals surface area contributed by atoms with Crippen LogP contribution in [0.5, 0.6) is 5.75 Å². The third-order valence-corrected chi connectivity index (χ3v) is 4.82. The summed E-state index contributed by atoms with van der Waals surface area (Å²) in [5.74, 6) is 1.76. The van der Waals surface area contributed by atoms with Crippen LogP contribution < -0.4 is 4.74 Å². The van der Waals surface area contributed by atoms with Crippen molar-refractivity contribution in [3.8, 4) is 5.75 Å². The van der Waals surface area contributed by atoms with E-state index < -0.39 is 0 Å². The number of hydrogen-bond acceptors (Lipinski definition) is 2. The first kappa shape index (κ1) is 15.5. The molecule has 0 amide bonds. The highest BCUT2D eigenvalue weighted by Gasteiger charge is 2.24. The third kappa shape index (κ3) is 2.61. The molecular formula is C16H18BrClO2. The zero-order chi connectivity index (χ0) is 14.9. The van der Waals surface area contributed by atoms with Gasteiger partial charge in [-0.2, -0.15) is 0 Å². The van der Waals surface area contributed by atoms with Crippen molar-refractivity contribution in [1.29, 1.82) is 0 Å². The highest BCUT2D eigenvalue weighted by atomic mass is 79.9. The molecule has 1 heterocycles. The largest absolute Gasteiger partial charge is 0.496 e. The fourth-order valence-electron chi connectivity index (χ4n) is 2.47. The minimum atomic E-state index is -0.283. The zero-order valence-electron chi connectivity index (χ0n) is 12.1. The summed E-state index contributed by atoms with van der Waals surface area (Å²) in [6, 6.07) is 3.99. The molecule has 20 heavy (non-hydrogen) atoms. The molecule has 0 saturated heterocycles. The summed E-state index contributed by atoms with van der Waals surface area (Å²) in [5.41, 5.74) is 4.16. The van der Waals surface area contributed by atoms with Crippen molar-refractivity contribution in [3.63, 3.8) is 0 Å². The van der Waals surface area contributed by atoms with Gasteiger partial charge in [0.1, 0.15) is 11.5 Å². The molecule has 0 radical (unpaired) electrons. The van der Waals surface area contributed by atoms with Gasteiger partial charge in [0.15, 0.2) is 0 Å². The van der Waals surface area contributed by atoms with Gasteiger partial charge in [0, 0.05) is 22.0 Å². The van der Waals surface area contributed by atoms with E-state index in [4.69, 9.17) is 20.8 Å². The van der Waals surface area contributed by atoms with E-state index in [0.717, 1.165) is 44.7 Å². The van der Waals surface area contributed by atoms with Crippen LogP contribution in [0.2, 0.25) is 0 Å². The van der Waals surface area contributed by atoms with Crippen molar-refractivity contribution in [1.82, 2.24) is 0 Å². The molecule has 0 bridgehead atoms. The van der Waals surface area contributed by atoms with Gasteiger partial charge < -0.3 is 9.15 Å². The number of ether oxygens (including phenoxy) is 1. The van der Waals surface area contributed by atoms with Gasteiger partial charge >= 0.3 is 0 Å². The molecule has 0 fully saturated rings. The zero-order valence-corrected chi connectivity index (χ0v) is 14.4. The quantitative estimate of drug-likeness (QED) is 0.669. The van der Waals surface area contributed by atoms with Gasteiger partial charge in [0.2, 0.25) is 0 Å². The van der Waals surface area contributed by atoms with E-state index in [9.17, 15) is 0 Å². The maximum Gasteiger partial charge on any atom is 0.127 e. The monoisotopic (exact) mass is 356 g/mol. The number of rotatable bonds is 4. The van der Waals surface area contributed by atoms with Crippen molar-refractivity contribution in [3.05, 3.63) is 50.9 Å². The van der Waals surface area contributed by atoms with Crippen LogP contribution >= 0.6 is 27.5 Å². The predicted molar refractivity (Wildman–Crippen MR) is 86.0 cm³/mol. The Morgan fingerprint density at radius 1 is 1.40 bits per heavy atom. The molecule has 0 spiro atoms. The number of benzene rings is 1. The van der Waals surface area contributed by atoms with Crippen molar-refractivity contribution >= 4 is 27.5 Å². The number of methoxy groups -OCH3 is 1. The van der Waals surface area contributed by atoms with Crippen molar-refractivity contribution in [2.24, 2.45) is 0 Å². The summed E-state index contributed by atoms with van der Waals surface area (Å²) in [7, 11) is 1.68. The molecule has 0 saturated carbocycles. The Hall–Kier alpha value is -0.930. The van der Waals surface area contributed by atoms with Crippen LogP contribution in [0.1, 0.15) is 40.3 Å². The van der Waals surface area contributed by atoms with Gasteiger partial charge in [-0.05, 0) is 37.1 Å². The van der Waals surface area contributed by atoms with Crippen LogP contribution in [0, 0.1) is 13.8 Å². The molecule has 1 unspecified atom stereocenters. The Bertz CT molecular complexity index is 619. The van der Waals surface area contributed by atoms with E-state index in [0.29, 0.717) is 0 Å². The predicted octanol–water partition coefficient (Wildman–Crippen LogP) is 5.56. The van der Waals surface area contributed by atoms with Gasteiger partial charge in [-0.15, -0.1) is 11.6 Å². The van der Waals surface area contributed by atoms with Crippen molar-refractivity contribution < 1.29 is 9.15 Å². The average molecular weight is 358 g/mol.